The number of aromatic nitrogens is 1. The molecule has 4 heteroatoms. The van der Waals surface area contributed by atoms with Gasteiger partial charge in [-0.15, -0.1) is 0 Å². The largest absolute Gasteiger partial charge is 0.494 e. The van der Waals surface area contributed by atoms with Gasteiger partial charge in [0.2, 0.25) is 0 Å². The third kappa shape index (κ3) is 3.71. The van der Waals surface area contributed by atoms with Crippen LogP contribution in [0.5, 0.6) is 11.5 Å². The van der Waals surface area contributed by atoms with Gasteiger partial charge in [0.05, 0.1) is 12.3 Å². The predicted molar refractivity (Wildman–Crippen MR) is 78.9 cm³/mol. The molecule has 0 aliphatic heterocycles. The van der Waals surface area contributed by atoms with E-state index in [1.165, 1.54) is 0 Å². The second kappa shape index (κ2) is 6.91. The van der Waals surface area contributed by atoms with E-state index in [1.54, 1.807) is 6.20 Å². The maximum absolute atomic E-state index is 6.00. The molecule has 2 atom stereocenters. The maximum Gasteiger partial charge on any atom is 0.155 e. The zero-order valence-electron chi connectivity index (χ0n) is 11.8. The molecule has 2 N–H and O–H groups in total. The molecule has 0 saturated carbocycles. The number of nitrogens with two attached hydrogens (primary N) is 1. The first kappa shape index (κ1) is 14.3. The van der Waals surface area contributed by atoms with Crippen molar-refractivity contribution in [1.82, 2.24) is 4.98 Å². The zero-order chi connectivity index (χ0) is 14.4. The number of hydrogen-bond acceptors (Lipinski definition) is 4. The number of rotatable bonds is 6. The molecule has 106 valence electrons. The van der Waals surface area contributed by atoms with Crippen molar-refractivity contribution in [3.8, 4) is 11.5 Å². The van der Waals surface area contributed by atoms with Crippen molar-refractivity contribution in [2.45, 2.75) is 26.0 Å². The molecule has 0 amide bonds. The Hall–Kier alpha value is -2.07. The van der Waals surface area contributed by atoms with Crippen molar-refractivity contribution < 1.29 is 9.47 Å². The Labute approximate surface area is 119 Å². The van der Waals surface area contributed by atoms with E-state index in [2.05, 4.69) is 4.98 Å². The fourth-order valence-electron chi connectivity index (χ4n) is 1.91. The molecule has 2 aromatic rings. The minimum atomic E-state index is -0.269. The van der Waals surface area contributed by atoms with Crippen LogP contribution in [0.1, 0.15) is 25.6 Å². The standard InChI is InChI=1S/C16H20N2O2/c1-3-19-13-7-9-14(10-8-13)20-16(12(2)17)15-6-4-5-11-18-15/h4-12,16H,3,17H2,1-2H3. The Morgan fingerprint density at radius 2 is 1.80 bits per heavy atom. The average Bonchev–Trinajstić information content (AvgIpc) is 2.47. The van der Waals surface area contributed by atoms with Crippen LogP contribution in [0.25, 0.3) is 0 Å². The molecule has 0 spiro atoms. The normalized spacial score (nSPS) is 13.6. The molecule has 2 rings (SSSR count). The molecule has 0 aliphatic carbocycles. The summed E-state index contributed by atoms with van der Waals surface area (Å²) in [7, 11) is 0. The van der Waals surface area contributed by atoms with Crippen molar-refractivity contribution >= 4 is 0 Å². The predicted octanol–water partition coefficient (Wildman–Crippen LogP) is 2.95. The smallest absolute Gasteiger partial charge is 0.155 e. The van der Waals surface area contributed by atoms with Crippen molar-refractivity contribution in [3.63, 3.8) is 0 Å². The lowest BCUT2D eigenvalue weighted by atomic mass is 10.1. The van der Waals surface area contributed by atoms with Crippen molar-refractivity contribution in [3.05, 3.63) is 54.4 Å². The summed E-state index contributed by atoms with van der Waals surface area (Å²) in [6.07, 6.45) is 1.47. The van der Waals surface area contributed by atoms with E-state index in [9.17, 15) is 0 Å². The lowest BCUT2D eigenvalue weighted by Gasteiger charge is -2.22. The fourth-order valence-corrected chi connectivity index (χ4v) is 1.91. The Morgan fingerprint density at radius 3 is 2.35 bits per heavy atom. The van der Waals surface area contributed by atoms with Gasteiger partial charge in [-0.2, -0.15) is 0 Å². The third-order valence-electron chi connectivity index (χ3n) is 2.85. The van der Waals surface area contributed by atoms with Crippen LogP contribution in [0.4, 0.5) is 0 Å². The van der Waals surface area contributed by atoms with Gasteiger partial charge < -0.3 is 15.2 Å². The highest BCUT2D eigenvalue weighted by Crippen LogP contribution is 2.24. The lowest BCUT2D eigenvalue weighted by Crippen LogP contribution is -2.29. The first-order valence-corrected chi connectivity index (χ1v) is 6.76. The molecule has 0 aliphatic rings. The van der Waals surface area contributed by atoms with E-state index in [0.717, 1.165) is 17.2 Å². The van der Waals surface area contributed by atoms with Crippen molar-refractivity contribution in [1.29, 1.82) is 0 Å². The number of pyridine rings is 1. The van der Waals surface area contributed by atoms with Crippen LogP contribution in [-0.2, 0) is 0 Å². The summed E-state index contributed by atoms with van der Waals surface area (Å²) < 4.78 is 11.4. The van der Waals surface area contributed by atoms with Crippen LogP contribution < -0.4 is 15.2 Å². The summed E-state index contributed by atoms with van der Waals surface area (Å²) in [6.45, 7) is 4.52. The van der Waals surface area contributed by atoms with Crippen LogP contribution in [0, 0.1) is 0 Å². The molecule has 1 heterocycles. The highest BCUT2D eigenvalue weighted by atomic mass is 16.5. The second-order valence-corrected chi connectivity index (χ2v) is 4.56. The summed E-state index contributed by atoms with van der Waals surface area (Å²) in [6, 6.07) is 13.1. The zero-order valence-corrected chi connectivity index (χ0v) is 11.8. The van der Waals surface area contributed by atoms with Crippen LogP contribution in [-0.4, -0.2) is 17.6 Å². The Kier molecular flexibility index (Phi) is 4.96. The minimum Gasteiger partial charge on any atom is -0.494 e. The summed E-state index contributed by atoms with van der Waals surface area (Å²) in [5, 5.41) is 0. The van der Waals surface area contributed by atoms with Gasteiger partial charge in [-0.3, -0.25) is 4.98 Å². The van der Waals surface area contributed by atoms with E-state index in [-0.39, 0.29) is 12.1 Å². The maximum atomic E-state index is 6.00. The molecule has 1 aromatic heterocycles. The molecule has 0 bridgehead atoms. The SMILES string of the molecule is CCOc1ccc(OC(c2ccccn2)C(C)N)cc1. The molecule has 0 fully saturated rings. The van der Waals surface area contributed by atoms with Gasteiger partial charge in [0.1, 0.15) is 11.5 Å². The summed E-state index contributed by atoms with van der Waals surface area (Å²) in [5.74, 6) is 1.58. The first-order chi connectivity index (χ1) is 9.70. The molecule has 1 aromatic carbocycles. The minimum absolute atomic E-state index is 0.156. The highest BCUT2D eigenvalue weighted by molar-refractivity contribution is 5.31. The topological polar surface area (TPSA) is 57.4 Å². The molecule has 0 radical (unpaired) electrons. The Balaban J connectivity index is 2.12. The quantitative estimate of drug-likeness (QED) is 0.878. The molecule has 20 heavy (non-hydrogen) atoms. The van der Waals surface area contributed by atoms with Crippen molar-refractivity contribution in [2.75, 3.05) is 6.61 Å². The van der Waals surface area contributed by atoms with E-state index in [0.29, 0.717) is 6.61 Å². The van der Waals surface area contributed by atoms with Crippen LogP contribution in [0.2, 0.25) is 0 Å². The van der Waals surface area contributed by atoms with Gasteiger partial charge in [0, 0.05) is 12.2 Å². The van der Waals surface area contributed by atoms with E-state index < -0.39 is 0 Å². The molecular formula is C16H20N2O2. The van der Waals surface area contributed by atoms with E-state index in [4.69, 9.17) is 15.2 Å². The second-order valence-electron chi connectivity index (χ2n) is 4.56. The number of ether oxygens (including phenoxy) is 2. The van der Waals surface area contributed by atoms with Crippen molar-refractivity contribution in [2.24, 2.45) is 5.73 Å². The first-order valence-electron chi connectivity index (χ1n) is 6.76. The van der Waals surface area contributed by atoms with Gasteiger partial charge in [-0.05, 0) is 50.2 Å². The van der Waals surface area contributed by atoms with Gasteiger partial charge in [-0.25, -0.2) is 0 Å². The van der Waals surface area contributed by atoms with Crippen LogP contribution in [0.3, 0.4) is 0 Å². The van der Waals surface area contributed by atoms with Gasteiger partial charge in [0.25, 0.3) is 0 Å². The molecular weight excluding hydrogens is 252 g/mol. The lowest BCUT2D eigenvalue weighted by molar-refractivity contribution is 0.175. The summed E-state index contributed by atoms with van der Waals surface area (Å²) in [4.78, 5) is 4.31. The number of nitrogens with zero attached hydrogens (tertiary/aromatic N) is 1. The summed E-state index contributed by atoms with van der Waals surface area (Å²) in [5.41, 5.74) is 6.83. The Morgan fingerprint density at radius 1 is 1.10 bits per heavy atom. The van der Waals surface area contributed by atoms with E-state index >= 15 is 0 Å². The fraction of sp³-hybridized carbons (Fsp3) is 0.312. The van der Waals surface area contributed by atoms with E-state index in [1.807, 2.05) is 56.3 Å². The van der Waals surface area contributed by atoms with Crippen LogP contribution in [0.15, 0.2) is 48.7 Å². The average molecular weight is 272 g/mol. The third-order valence-corrected chi connectivity index (χ3v) is 2.85. The number of benzene rings is 1. The summed E-state index contributed by atoms with van der Waals surface area (Å²) >= 11 is 0. The van der Waals surface area contributed by atoms with Gasteiger partial charge in [0.15, 0.2) is 6.10 Å². The molecule has 4 nitrogen and oxygen atoms in total. The monoisotopic (exact) mass is 272 g/mol. The highest BCUT2D eigenvalue weighted by Gasteiger charge is 2.19. The van der Waals surface area contributed by atoms with Gasteiger partial charge in [-0.1, -0.05) is 6.07 Å². The molecule has 2 unspecified atom stereocenters. The Bertz CT molecular complexity index is 512. The van der Waals surface area contributed by atoms with Gasteiger partial charge >= 0.3 is 0 Å². The number of hydrogen-bond donors (Lipinski definition) is 1. The molecule has 0 saturated heterocycles. The van der Waals surface area contributed by atoms with Crippen LogP contribution >= 0.6 is 0 Å².